The Hall–Kier alpha value is -2.54. The summed E-state index contributed by atoms with van der Waals surface area (Å²) in [6, 6.07) is 12.3. The van der Waals surface area contributed by atoms with Gasteiger partial charge in [-0.3, -0.25) is 9.59 Å². The molecule has 0 spiro atoms. The lowest BCUT2D eigenvalue weighted by Crippen LogP contribution is -2.26. The lowest BCUT2D eigenvalue weighted by molar-refractivity contribution is -0.119. The molecule has 0 aliphatic heterocycles. The highest BCUT2D eigenvalue weighted by Gasteiger charge is 2.14. The minimum Gasteiger partial charge on any atom is -0.493 e. The third-order valence-corrected chi connectivity index (χ3v) is 4.04. The third-order valence-electron chi connectivity index (χ3n) is 3.51. The van der Waals surface area contributed by atoms with Gasteiger partial charge in [0, 0.05) is 10.0 Å². The molecule has 2 aromatic rings. The van der Waals surface area contributed by atoms with Crippen molar-refractivity contribution in [3.8, 4) is 11.5 Å². The van der Waals surface area contributed by atoms with Crippen molar-refractivity contribution in [1.29, 1.82) is 0 Å². The molecule has 0 saturated carbocycles. The fourth-order valence-electron chi connectivity index (χ4n) is 2.19. The van der Waals surface area contributed by atoms with Gasteiger partial charge in [0.05, 0.1) is 13.2 Å². The van der Waals surface area contributed by atoms with Gasteiger partial charge in [0.1, 0.15) is 0 Å². The van der Waals surface area contributed by atoms with Gasteiger partial charge in [0.15, 0.2) is 18.1 Å². The zero-order chi connectivity index (χ0) is 18.4. The summed E-state index contributed by atoms with van der Waals surface area (Å²) in [6.45, 7) is 1.64. The van der Waals surface area contributed by atoms with Crippen molar-refractivity contribution >= 4 is 27.7 Å². The van der Waals surface area contributed by atoms with E-state index in [0.717, 1.165) is 10.0 Å². The van der Waals surface area contributed by atoms with E-state index in [1.54, 1.807) is 18.2 Å². The number of carbonyl (C=O) groups excluding carboxylic acids is 2. The first kappa shape index (κ1) is 18.8. The molecule has 2 aromatic carbocycles. The molecule has 1 atom stereocenters. The van der Waals surface area contributed by atoms with Crippen molar-refractivity contribution in [2.75, 3.05) is 13.7 Å². The van der Waals surface area contributed by atoms with Crippen LogP contribution in [0.5, 0.6) is 11.5 Å². The van der Waals surface area contributed by atoms with Crippen LogP contribution in [0.4, 0.5) is 0 Å². The van der Waals surface area contributed by atoms with Crippen LogP contribution in [0.1, 0.15) is 28.9 Å². The number of methoxy groups -OCH3 is 1. The Kier molecular flexibility index (Phi) is 6.41. The van der Waals surface area contributed by atoms with Crippen molar-refractivity contribution in [3.63, 3.8) is 0 Å². The van der Waals surface area contributed by atoms with Crippen LogP contribution in [0.3, 0.4) is 0 Å². The van der Waals surface area contributed by atoms with E-state index in [2.05, 4.69) is 21.2 Å². The zero-order valence-corrected chi connectivity index (χ0v) is 15.5. The molecule has 0 aliphatic rings. The van der Waals surface area contributed by atoms with E-state index in [1.807, 2.05) is 31.2 Å². The Labute approximate surface area is 154 Å². The molecule has 0 radical (unpaired) electrons. The number of ether oxygens (including phenoxy) is 2. The van der Waals surface area contributed by atoms with Crippen LogP contribution in [-0.4, -0.2) is 25.5 Å². The second-order valence-electron chi connectivity index (χ2n) is 5.37. The van der Waals surface area contributed by atoms with Crippen LogP contribution >= 0.6 is 15.9 Å². The van der Waals surface area contributed by atoms with E-state index in [1.165, 1.54) is 7.11 Å². The molecule has 25 heavy (non-hydrogen) atoms. The van der Waals surface area contributed by atoms with Crippen molar-refractivity contribution in [3.05, 3.63) is 58.1 Å². The van der Waals surface area contributed by atoms with Crippen molar-refractivity contribution < 1.29 is 19.1 Å². The predicted molar refractivity (Wildman–Crippen MR) is 97.7 cm³/mol. The number of amides is 2. The molecule has 2 amide bonds. The summed E-state index contributed by atoms with van der Waals surface area (Å²) in [5, 5.41) is 2.93. The largest absolute Gasteiger partial charge is 0.493 e. The van der Waals surface area contributed by atoms with Crippen molar-refractivity contribution in [2.45, 2.75) is 13.0 Å². The van der Waals surface area contributed by atoms with E-state index < -0.39 is 5.91 Å². The van der Waals surface area contributed by atoms with Gasteiger partial charge in [-0.25, -0.2) is 0 Å². The molecule has 2 rings (SSSR count). The summed E-state index contributed by atoms with van der Waals surface area (Å²) in [5.74, 6) is -0.133. The van der Waals surface area contributed by atoms with E-state index in [9.17, 15) is 9.59 Å². The number of halogens is 1. The van der Waals surface area contributed by atoms with E-state index in [0.29, 0.717) is 17.1 Å². The fraction of sp³-hybridized carbons (Fsp3) is 0.222. The van der Waals surface area contributed by atoms with Gasteiger partial charge < -0.3 is 20.5 Å². The molecule has 3 N–H and O–H groups in total. The average molecular weight is 407 g/mol. The topological polar surface area (TPSA) is 90.7 Å². The highest BCUT2D eigenvalue weighted by molar-refractivity contribution is 9.10. The molecule has 0 saturated heterocycles. The zero-order valence-electron chi connectivity index (χ0n) is 13.9. The van der Waals surface area contributed by atoms with E-state index in [-0.39, 0.29) is 18.6 Å². The monoisotopic (exact) mass is 406 g/mol. The summed E-state index contributed by atoms with van der Waals surface area (Å²) in [7, 11) is 1.46. The number of primary amides is 1. The first-order valence-electron chi connectivity index (χ1n) is 7.56. The second-order valence-corrected chi connectivity index (χ2v) is 6.28. The average Bonchev–Trinajstić information content (AvgIpc) is 2.60. The number of hydrogen-bond acceptors (Lipinski definition) is 4. The lowest BCUT2D eigenvalue weighted by atomic mass is 10.1. The number of nitrogens with two attached hydrogens (primary N) is 1. The van der Waals surface area contributed by atoms with E-state index >= 15 is 0 Å². The quantitative estimate of drug-likeness (QED) is 0.739. The van der Waals surface area contributed by atoms with Crippen LogP contribution in [-0.2, 0) is 4.79 Å². The second kappa shape index (κ2) is 8.53. The SMILES string of the molecule is COc1cc(C(=O)N[C@@H](C)c2ccc(Br)cc2)ccc1OCC(N)=O. The van der Waals surface area contributed by atoms with Gasteiger partial charge in [-0.1, -0.05) is 28.1 Å². The third kappa shape index (κ3) is 5.22. The molecule has 0 heterocycles. The van der Waals surface area contributed by atoms with Crippen LogP contribution in [0.25, 0.3) is 0 Å². The maximum atomic E-state index is 12.5. The standard InChI is InChI=1S/C18H19BrN2O4/c1-11(12-3-6-14(19)7-4-12)21-18(23)13-5-8-15(16(9-13)24-2)25-10-17(20)22/h3-9,11H,10H2,1-2H3,(H2,20,22)(H,21,23)/t11-/m0/s1. The minimum absolute atomic E-state index is 0.155. The maximum absolute atomic E-state index is 12.5. The molecule has 0 fully saturated rings. The Morgan fingerprint density at radius 2 is 1.84 bits per heavy atom. The molecule has 0 aromatic heterocycles. The molecule has 6 nitrogen and oxygen atoms in total. The molecular weight excluding hydrogens is 388 g/mol. The Bertz CT molecular complexity index is 762. The Balaban J connectivity index is 2.10. The smallest absolute Gasteiger partial charge is 0.255 e. The Morgan fingerprint density at radius 3 is 2.44 bits per heavy atom. The van der Waals surface area contributed by atoms with Gasteiger partial charge in [-0.2, -0.15) is 0 Å². The fourth-order valence-corrected chi connectivity index (χ4v) is 2.46. The maximum Gasteiger partial charge on any atom is 0.255 e. The van der Waals surface area contributed by atoms with Crippen LogP contribution in [0.15, 0.2) is 46.9 Å². The molecule has 0 bridgehead atoms. The van der Waals surface area contributed by atoms with Gasteiger partial charge in [-0.05, 0) is 42.8 Å². The summed E-state index contributed by atoms with van der Waals surface area (Å²) < 4.78 is 11.4. The number of benzene rings is 2. The lowest BCUT2D eigenvalue weighted by Gasteiger charge is -2.16. The van der Waals surface area contributed by atoms with Gasteiger partial charge in [-0.15, -0.1) is 0 Å². The first-order valence-corrected chi connectivity index (χ1v) is 8.35. The van der Waals surface area contributed by atoms with Gasteiger partial charge in [0.25, 0.3) is 11.8 Å². The number of carbonyl (C=O) groups is 2. The normalized spacial score (nSPS) is 11.5. The van der Waals surface area contributed by atoms with Gasteiger partial charge >= 0.3 is 0 Å². The molecule has 0 unspecified atom stereocenters. The molecule has 0 aliphatic carbocycles. The summed E-state index contributed by atoms with van der Waals surface area (Å²) in [6.07, 6.45) is 0. The highest BCUT2D eigenvalue weighted by Crippen LogP contribution is 2.28. The van der Waals surface area contributed by atoms with Crippen molar-refractivity contribution in [1.82, 2.24) is 5.32 Å². The molecule has 7 heteroatoms. The first-order chi connectivity index (χ1) is 11.9. The summed E-state index contributed by atoms with van der Waals surface area (Å²) in [5.41, 5.74) is 6.47. The number of hydrogen-bond donors (Lipinski definition) is 2. The predicted octanol–water partition coefficient (Wildman–Crippen LogP) is 2.81. The minimum atomic E-state index is -0.591. The highest BCUT2D eigenvalue weighted by atomic mass is 79.9. The van der Waals surface area contributed by atoms with Crippen LogP contribution in [0.2, 0.25) is 0 Å². The van der Waals surface area contributed by atoms with Crippen LogP contribution < -0.4 is 20.5 Å². The van der Waals surface area contributed by atoms with E-state index in [4.69, 9.17) is 15.2 Å². The van der Waals surface area contributed by atoms with Crippen molar-refractivity contribution in [2.24, 2.45) is 5.73 Å². The van der Waals surface area contributed by atoms with Crippen LogP contribution in [0, 0.1) is 0 Å². The molecular formula is C18H19BrN2O4. The number of nitrogens with one attached hydrogen (secondary N) is 1. The molecule has 132 valence electrons. The van der Waals surface area contributed by atoms with Gasteiger partial charge in [0.2, 0.25) is 0 Å². The Morgan fingerprint density at radius 1 is 1.16 bits per heavy atom. The summed E-state index contributed by atoms with van der Waals surface area (Å²) in [4.78, 5) is 23.3. The number of rotatable bonds is 7. The summed E-state index contributed by atoms with van der Waals surface area (Å²) >= 11 is 3.38.